The molecule has 1 N–H and O–H groups in total. The number of hydrogen-bond donors (Lipinski definition) is 1. The molecule has 4 aromatic rings. The maximum absolute atomic E-state index is 12.2. The number of ether oxygens (including phenoxy) is 1. The zero-order chi connectivity index (χ0) is 19.7. The Hall–Kier alpha value is -3.55. The Bertz CT molecular complexity index is 1140. The SMILES string of the molecule is CC(=O)c1c(OCc2nccnc2-c2ccnn2C(C)C)ccc2cn[nH]c12. The van der Waals surface area contributed by atoms with Gasteiger partial charge in [-0.05, 0) is 39.0 Å². The predicted octanol–water partition coefficient (Wildman–Crippen LogP) is 3.58. The van der Waals surface area contributed by atoms with E-state index in [9.17, 15) is 4.79 Å². The van der Waals surface area contributed by atoms with Crippen molar-refractivity contribution in [2.75, 3.05) is 0 Å². The van der Waals surface area contributed by atoms with Gasteiger partial charge < -0.3 is 4.74 Å². The summed E-state index contributed by atoms with van der Waals surface area (Å²) in [6, 6.07) is 5.74. The summed E-state index contributed by atoms with van der Waals surface area (Å²) in [6.07, 6.45) is 6.70. The highest BCUT2D eigenvalue weighted by atomic mass is 16.5. The molecule has 0 aliphatic rings. The van der Waals surface area contributed by atoms with E-state index in [1.807, 2.05) is 16.8 Å². The summed E-state index contributed by atoms with van der Waals surface area (Å²) in [6.45, 7) is 5.80. The molecule has 0 aliphatic heterocycles. The van der Waals surface area contributed by atoms with Crippen molar-refractivity contribution in [3.63, 3.8) is 0 Å². The van der Waals surface area contributed by atoms with Crippen LogP contribution < -0.4 is 4.74 Å². The number of rotatable bonds is 6. The van der Waals surface area contributed by atoms with E-state index < -0.39 is 0 Å². The van der Waals surface area contributed by atoms with E-state index in [1.54, 1.807) is 30.9 Å². The molecule has 0 fully saturated rings. The van der Waals surface area contributed by atoms with Crippen LogP contribution in [0.25, 0.3) is 22.3 Å². The Kier molecular flexibility index (Phi) is 4.60. The Morgan fingerprint density at radius 2 is 2.00 bits per heavy atom. The van der Waals surface area contributed by atoms with Gasteiger partial charge in [0.2, 0.25) is 0 Å². The van der Waals surface area contributed by atoms with Gasteiger partial charge in [-0.25, -0.2) is 0 Å². The molecule has 0 unspecified atom stereocenters. The minimum atomic E-state index is -0.0953. The standard InChI is InChI=1S/C20H20N6O2/c1-12(2)26-16(6-7-24-26)20-15(21-8-9-22-20)11-28-17-5-4-14-10-23-25-19(14)18(17)13(3)27/h4-10,12H,11H2,1-3H3,(H,23,25). The number of carbonyl (C=O) groups is 1. The monoisotopic (exact) mass is 376 g/mol. The van der Waals surface area contributed by atoms with Gasteiger partial charge in [0.25, 0.3) is 0 Å². The van der Waals surface area contributed by atoms with Crippen LogP contribution in [0.4, 0.5) is 0 Å². The topological polar surface area (TPSA) is 98.6 Å². The number of benzene rings is 1. The number of aromatic amines is 1. The highest BCUT2D eigenvalue weighted by molar-refractivity contribution is 6.07. The van der Waals surface area contributed by atoms with Gasteiger partial charge in [0.1, 0.15) is 23.7 Å². The van der Waals surface area contributed by atoms with Crippen molar-refractivity contribution < 1.29 is 9.53 Å². The fraction of sp³-hybridized carbons (Fsp3) is 0.250. The minimum Gasteiger partial charge on any atom is -0.486 e. The van der Waals surface area contributed by atoms with Crippen LogP contribution in [-0.4, -0.2) is 35.7 Å². The molecule has 28 heavy (non-hydrogen) atoms. The summed E-state index contributed by atoms with van der Waals surface area (Å²) >= 11 is 0. The normalized spacial score (nSPS) is 11.3. The lowest BCUT2D eigenvalue weighted by molar-refractivity contribution is 0.101. The highest BCUT2D eigenvalue weighted by Crippen LogP contribution is 2.29. The second-order valence-electron chi connectivity index (χ2n) is 6.72. The Labute approximate surface area is 161 Å². The Balaban J connectivity index is 1.69. The number of ketones is 1. The van der Waals surface area contributed by atoms with Crippen LogP contribution in [0.1, 0.15) is 42.9 Å². The van der Waals surface area contributed by atoms with Crippen LogP contribution in [0.3, 0.4) is 0 Å². The van der Waals surface area contributed by atoms with Crippen LogP contribution in [0, 0.1) is 0 Å². The van der Waals surface area contributed by atoms with Crippen molar-refractivity contribution in [3.05, 3.63) is 54.2 Å². The third-order valence-electron chi connectivity index (χ3n) is 4.47. The number of nitrogens with zero attached hydrogens (tertiary/aromatic N) is 5. The predicted molar refractivity (Wildman–Crippen MR) is 104 cm³/mol. The number of carbonyl (C=O) groups excluding carboxylic acids is 1. The molecule has 0 bridgehead atoms. The average molecular weight is 376 g/mol. The van der Waals surface area contributed by atoms with Crippen LogP contribution in [0.2, 0.25) is 0 Å². The van der Waals surface area contributed by atoms with Crippen LogP contribution in [0.15, 0.2) is 43.0 Å². The zero-order valence-electron chi connectivity index (χ0n) is 15.9. The maximum Gasteiger partial charge on any atom is 0.165 e. The third kappa shape index (κ3) is 3.13. The number of H-pyrrole nitrogens is 1. The second-order valence-corrected chi connectivity index (χ2v) is 6.72. The molecular weight excluding hydrogens is 356 g/mol. The molecule has 0 atom stereocenters. The fourth-order valence-electron chi connectivity index (χ4n) is 3.21. The lowest BCUT2D eigenvalue weighted by Gasteiger charge is -2.14. The smallest absolute Gasteiger partial charge is 0.165 e. The van der Waals surface area contributed by atoms with Gasteiger partial charge in [0.15, 0.2) is 5.78 Å². The highest BCUT2D eigenvalue weighted by Gasteiger charge is 2.18. The van der Waals surface area contributed by atoms with Crippen molar-refractivity contribution in [3.8, 4) is 17.1 Å². The molecule has 0 saturated carbocycles. The molecule has 0 saturated heterocycles. The second kappa shape index (κ2) is 7.22. The van der Waals surface area contributed by atoms with E-state index in [0.29, 0.717) is 28.2 Å². The maximum atomic E-state index is 12.2. The quantitative estimate of drug-likeness (QED) is 0.517. The Morgan fingerprint density at radius 1 is 1.18 bits per heavy atom. The van der Waals surface area contributed by atoms with E-state index >= 15 is 0 Å². The summed E-state index contributed by atoms with van der Waals surface area (Å²) in [5.74, 6) is 0.389. The van der Waals surface area contributed by atoms with E-state index in [2.05, 4.69) is 39.1 Å². The first-order valence-corrected chi connectivity index (χ1v) is 9.00. The molecule has 8 nitrogen and oxygen atoms in total. The molecular formula is C20H20N6O2. The van der Waals surface area contributed by atoms with Crippen molar-refractivity contribution in [1.82, 2.24) is 29.9 Å². The van der Waals surface area contributed by atoms with Gasteiger partial charge in [-0.1, -0.05) is 0 Å². The van der Waals surface area contributed by atoms with Crippen molar-refractivity contribution in [1.29, 1.82) is 0 Å². The van der Waals surface area contributed by atoms with Crippen molar-refractivity contribution in [2.45, 2.75) is 33.4 Å². The lowest BCUT2D eigenvalue weighted by atomic mass is 10.1. The van der Waals surface area contributed by atoms with Gasteiger partial charge in [-0.3, -0.25) is 24.5 Å². The number of hydrogen-bond acceptors (Lipinski definition) is 6. The van der Waals surface area contributed by atoms with E-state index in [0.717, 1.165) is 11.1 Å². The van der Waals surface area contributed by atoms with Crippen molar-refractivity contribution in [2.24, 2.45) is 0 Å². The molecule has 3 aromatic heterocycles. The number of aromatic nitrogens is 6. The largest absolute Gasteiger partial charge is 0.486 e. The van der Waals surface area contributed by atoms with Crippen LogP contribution in [-0.2, 0) is 6.61 Å². The van der Waals surface area contributed by atoms with E-state index in [1.165, 1.54) is 6.92 Å². The van der Waals surface area contributed by atoms with Gasteiger partial charge >= 0.3 is 0 Å². The summed E-state index contributed by atoms with van der Waals surface area (Å²) < 4.78 is 7.89. The van der Waals surface area contributed by atoms with E-state index in [4.69, 9.17) is 4.74 Å². The van der Waals surface area contributed by atoms with Gasteiger partial charge in [-0.15, -0.1) is 0 Å². The van der Waals surface area contributed by atoms with Crippen LogP contribution in [0.5, 0.6) is 5.75 Å². The third-order valence-corrected chi connectivity index (χ3v) is 4.47. The zero-order valence-corrected chi connectivity index (χ0v) is 15.9. The summed E-state index contributed by atoms with van der Waals surface area (Å²) in [5, 5.41) is 12.1. The molecule has 3 heterocycles. The van der Waals surface area contributed by atoms with Gasteiger partial charge in [0, 0.05) is 30.0 Å². The average Bonchev–Trinajstić information content (AvgIpc) is 3.35. The minimum absolute atomic E-state index is 0.0953. The van der Waals surface area contributed by atoms with Gasteiger partial charge in [0.05, 0.1) is 23.0 Å². The van der Waals surface area contributed by atoms with Crippen LogP contribution >= 0.6 is 0 Å². The molecule has 0 radical (unpaired) electrons. The first-order valence-electron chi connectivity index (χ1n) is 9.00. The molecule has 142 valence electrons. The lowest BCUT2D eigenvalue weighted by Crippen LogP contribution is -2.09. The molecule has 8 heteroatoms. The number of nitrogens with one attached hydrogen (secondary N) is 1. The molecule has 4 rings (SSSR count). The Morgan fingerprint density at radius 3 is 2.79 bits per heavy atom. The summed E-state index contributed by atoms with van der Waals surface area (Å²) in [7, 11) is 0. The molecule has 0 amide bonds. The summed E-state index contributed by atoms with van der Waals surface area (Å²) in [4.78, 5) is 21.1. The number of fused-ring (bicyclic) bond motifs is 1. The van der Waals surface area contributed by atoms with Gasteiger partial charge in [-0.2, -0.15) is 10.2 Å². The first kappa shape index (κ1) is 17.8. The van der Waals surface area contributed by atoms with E-state index in [-0.39, 0.29) is 18.4 Å². The number of Topliss-reactive ketones (excluding diaryl/α,β-unsaturated/α-hetero) is 1. The fourth-order valence-corrected chi connectivity index (χ4v) is 3.21. The molecule has 1 aromatic carbocycles. The summed E-state index contributed by atoms with van der Waals surface area (Å²) in [5.41, 5.74) is 3.40. The molecule has 0 spiro atoms. The first-order chi connectivity index (χ1) is 13.6. The molecule has 0 aliphatic carbocycles. The van der Waals surface area contributed by atoms with Crippen molar-refractivity contribution >= 4 is 16.7 Å².